The molecule has 2 N–H and O–H groups in total. The molecule has 0 saturated heterocycles. The summed E-state index contributed by atoms with van der Waals surface area (Å²) in [6.45, 7) is 0. The number of nitrogens with two attached hydrogens (primary N) is 1. The van der Waals surface area contributed by atoms with Crippen LogP contribution in [0.25, 0.3) is 11.0 Å². The van der Waals surface area contributed by atoms with Crippen molar-refractivity contribution in [2.24, 2.45) is 0 Å². The fourth-order valence-electron chi connectivity index (χ4n) is 1.84. The Morgan fingerprint density at radius 1 is 1.40 bits per heavy atom. The van der Waals surface area contributed by atoms with Gasteiger partial charge in [-0.3, -0.25) is 0 Å². The highest BCUT2D eigenvalue weighted by molar-refractivity contribution is 9.10. The third kappa shape index (κ3) is 1.24. The summed E-state index contributed by atoms with van der Waals surface area (Å²) in [6, 6.07) is 0.480. The van der Waals surface area contributed by atoms with Gasteiger partial charge in [0.2, 0.25) is 0 Å². The van der Waals surface area contributed by atoms with Crippen LogP contribution >= 0.6 is 15.9 Å². The lowest BCUT2D eigenvalue weighted by molar-refractivity contribution is 0.295. The average Bonchev–Trinajstić information content (AvgIpc) is 2.43. The SMILES string of the molecule is Nc1ncnc2c1c(Br)nn2C1CCC1. The Morgan fingerprint density at radius 2 is 2.20 bits per heavy atom. The Kier molecular flexibility index (Phi) is 1.92. The van der Waals surface area contributed by atoms with Crippen LogP contribution in [0.3, 0.4) is 0 Å². The highest BCUT2D eigenvalue weighted by Crippen LogP contribution is 2.35. The summed E-state index contributed by atoms with van der Waals surface area (Å²) >= 11 is 3.40. The van der Waals surface area contributed by atoms with Crippen molar-refractivity contribution >= 4 is 32.8 Å². The standard InChI is InChI=1S/C9H10BrN5/c10-7-6-8(11)12-4-13-9(6)15(14-7)5-2-1-3-5/h4-5H,1-3H2,(H2,11,12,13). The first-order valence-electron chi connectivity index (χ1n) is 4.91. The van der Waals surface area contributed by atoms with E-state index in [0.717, 1.165) is 15.6 Å². The van der Waals surface area contributed by atoms with Gasteiger partial charge in [0.25, 0.3) is 0 Å². The number of nitrogens with zero attached hydrogens (tertiary/aromatic N) is 4. The van der Waals surface area contributed by atoms with E-state index in [0.29, 0.717) is 11.9 Å². The summed E-state index contributed by atoms with van der Waals surface area (Å²) in [5, 5.41) is 5.25. The first kappa shape index (κ1) is 9.08. The van der Waals surface area contributed by atoms with Crippen LogP contribution in [0.1, 0.15) is 25.3 Å². The molecule has 15 heavy (non-hydrogen) atoms. The zero-order valence-corrected chi connectivity index (χ0v) is 9.61. The molecule has 0 bridgehead atoms. The van der Waals surface area contributed by atoms with Gasteiger partial charge in [-0.1, -0.05) is 0 Å². The third-order valence-electron chi connectivity index (χ3n) is 2.90. The van der Waals surface area contributed by atoms with Gasteiger partial charge in [0, 0.05) is 0 Å². The molecule has 0 radical (unpaired) electrons. The van der Waals surface area contributed by atoms with Gasteiger partial charge in [0.15, 0.2) is 5.65 Å². The molecule has 2 heterocycles. The van der Waals surface area contributed by atoms with Crippen molar-refractivity contribution in [2.75, 3.05) is 5.73 Å². The van der Waals surface area contributed by atoms with Crippen molar-refractivity contribution in [3.63, 3.8) is 0 Å². The van der Waals surface area contributed by atoms with E-state index >= 15 is 0 Å². The molecule has 0 atom stereocenters. The Hall–Kier alpha value is -1.17. The predicted octanol–water partition coefficient (Wildman–Crippen LogP) is 1.90. The van der Waals surface area contributed by atoms with E-state index in [9.17, 15) is 0 Å². The maximum Gasteiger partial charge on any atom is 0.164 e. The second kappa shape index (κ2) is 3.16. The molecular weight excluding hydrogens is 258 g/mol. The molecule has 0 aromatic carbocycles. The van der Waals surface area contributed by atoms with Gasteiger partial charge in [-0.15, -0.1) is 0 Å². The molecule has 0 aliphatic heterocycles. The molecule has 5 nitrogen and oxygen atoms in total. The third-order valence-corrected chi connectivity index (χ3v) is 3.45. The minimum atomic E-state index is 0.480. The van der Waals surface area contributed by atoms with E-state index in [1.54, 1.807) is 0 Å². The number of hydrogen-bond acceptors (Lipinski definition) is 4. The van der Waals surface area contributed by atoms with Crippen LogP contribution < -0.4 is 5.73 Å². The van der Waals surface area contributed by atoms with E-state index in [-0.39, 0.29) is 0 Å². The molecular formula is C9H10BrN5. The molecule has 1 saturated carbocycles. The average molecular weight is 268 g/mol. The second-order valence-electron chi connectivity index (χ2n) is 3.78. The van der Waals surface area contributed by atoms with Crippen molar-refractivity contribution in [3.05, 3.63) is 10.9 Å². The maximum absolute atomic E-state index is 5.80. The topological polar surface area (TPSA) is 69.6 Å². The van der Waals surface area contributed by atoms with Crippen molar-refractivity contribution in [3.8, 4) is 0 Å². The minimum absolute atomic E-state index is 0.480. The molecule has 2 aromatic rings. The molecule has 78 valence electrons. The fraction of sp³-hybridized carbons (Fsp3) is 0.444. The molecule has 1 aliphatic carbocycles. The Bertz CT molecular complexity index is 516. The summed E-state index contributed by atoms with van der Waals surface area (Å²) in [7, 11) is 0. The molecule has 0 unspecified atom stereocenters. The van der Waals surface area contributed by atoms with Crippen molar-refractivity contribution in [2.45, 2.75) is 25.3 Å². The van der Waals surface area contributed by atoms with Crippen LogP contribution in [0, 0.1) is 0 Å². The molecule has 2 aromatic heterocycles. The van der Waals surface area contributed by atoms with Crippen LogP contribution in [0.5, 0.6) is 0 Å². The largest absolute Gasteiger partial charge is 0.383 e. The molecule has 0 spiro atoms. The molecule has 6 heteroatoms. The number of hydrogen-bond donors (Lipinski definition) is 1. The maximum atomic E-state index is 5.80. The van der Waals surface area contributed by atoms with Crippen LogP contribution in [-0.4, -0.2) is 19.7 Å². The molecule has 1 fully saturated rings. The summed E-state index contributed by atoms with van der Waals surface area (Å²) in [5.74, 6) is 0.484. The molecule has 3 rings (SSSR count). The molecule has 1 aliphatic rings. The van der Waals surface area contributed by atoms with Crippen molar-refractivity contribution in [1.29, 1.82) is 0 Å². The van der Waals surface area contributed by atoms with Gasteiger partial charge in [0.05, 0.1) is 11.4 Å². The van der Waals surface area contributed by atoms with Crippen molar-refractivity contribution in [1.82, 2.24) is 19.7 Å². The van der Waals surface area contributed by atoms with E-state index in [1.807, 2.05) is 4.68 Å². The smallest absolute Gasteiger partial charge is 0.164 e. The number of fused-ring (bicyclic) bond motifs is 1. The zero-order chi connectivity index (χ0) is 10.4. The lowest BCUT2D eigenvalue weighted by atomic mass is 9.93. The van der Waals surface area contributed by atoms with E-state index in [2.05, 4.69) is 31.0 Å². The number of rotatable bonds is 1. The van der Waals surface area contributed by atoms with E-state index in [1.165, 1.54) is 25.6 Å². The summed E-state index contributed by atoms with van der Waals surface area (Å²) in [6.07, 6.45) is 5.10. The van der Waals surface area contributed by atoms with Gasteiger partial charge in [-0.05, 0) is 35.2 Å². The zero-order valence-electron chi connectivity index (χ0n) is 8.02. The van der Waals surface area contributed by atoms with Gasteiger partial charge in [-0.2, -0.15) is 5.10 Å². The number of halogens is 1. The fourth-order valence-corrected chi connectivity index (χ4v) is 2.39. The van der Waals surface area contributed by atoms with Crippen LogP contribution in [-0.2, 0) is 0 Å². The quantitative estimate of drug-likeness (QED) is 0.857. The van der Waals surface area contributed by atoms with Crippen LogP contribution in [0.2, 0.25) is 0 Å². The van der Waals surface area contributed by atoms with Crippen LogP contribution in [0.4, 0.5) is 5.82 Å². The van der Waals surface area contributed by atoms with Gasteiger partial charge in [-0.25, -0.2) is 14.6 Å². The van der Waals surface area contributed by atoms with Crippen LogP contribution in [0.15, 0.2) is 10.9 Å². The van der Waals surface area contributed by atoms with E-state index < -0.39 is 0 Å². The lowest BCUT2D eigenvalue weighted by Gasteiger charge is -2.25. The van der Waals surface area contributed by atoms with Crippen molar-refractivity contribution < 1.29 is 0 Å². The second-order valence-corrected chi connectivity index (χ2v) is 4.53. The Morgan fingerprint density at radius 3 is 2.87 bits per heavy atom. The highest BCUT2D eigenvalue weighted by atomic mass is 79.9. The number of nitrogen functional groups attached to an aromatic ring is 1. The highest BCUT2D eigenvalue weighted by Gasteiger charge is 2.24. The summed E-state index contributed by atoms with van der Waals surface area (Å²) < 4.78 is 2.70. The normalized spacial score (nSPS) is 16.9. The Labute approximate surface area is 94.8 Å². The van der Waals surface area contributed by atoms with Gasteiger partial charge in [0.1, 0.15) is 16.7 Å². The number of aromatic nitrogens is 4. The first-order valence-corrected chi connectivity index (χ1v) is 5.71. The number of anilines is 1. The monoisotopic (exact) mass is 267 g/mol. The van der Waals surface area contributed by atoms with Gasteiger partial charge < -0.3 is 5.73 Å². The predicted molar refractivity (Wildman–Crippen MR) is 60.3 cm³/mol. The van der Waals surface area contributed by atoms with Gasteiger partial charge >= 0.3 is 0 Å². The molecule has 0 amide bonds. The lowest BCUT2D eigenvalue weighted by Crippen LogP contribution is -2.18. The summed E-state index contributed by atoms with van der Waals surface area (Å²) in [5.41, 5.74) is 6.63. The first-order chi connectivity index (χ1) is 7.27. The Balaban J connectivity index is 2.27. The van der Waals surface area contributed by atoms with E-state index in [4.69, 9.17) is 5.73 Å². The summed E-state index contributed by atoms with van der Waals surface area (Å²) in [4.78, 5) is 8.21. The minimum Gasteiger partial charge on any atom is -0.383 e.